The summed E-state index contributed by atoms with van der Waals surface area (Å²) >= 11 is 0. The van der Waals surface area contributed by atoms with E-state index < -0.39 is 35.1 Å². The van der Waals surface area contributed by atoms with Crippen LogP contribution >= 0.6 is 0 Å². The number of fused-ring (bicyclic) bond motifs is 2. The highest BCUT2D eigenvalue weighted by Gasteiger charge is 2.37. The van der Waals surface area contributed by atoms with E-state index >= 15 is 0 Å². The standard InChI is InChI=1S/2C25H27F4N7O.H2O/c2*1-34(2)9-10-36-13-20(16-3-4-19(26)18(11-16)25(27,28)29)32-23(36)15-5-7-35(8-6-15)24-17-12-21(37)33-22(17)30-14-31-24;/h2*3-4,11,13-15H,5-10,12H2,1-2H3,(H,30,31,33,37);1H2. The van der Waals surface area contributed by atoms with Gasteiger partial charge in [-0.2, -0.15) is 26.3 Å². The number of piperidine rings is 2. The third-order valence-electron chi connectivity index (χ3n) is 13.7. The molecule has 17 nitrogen and oxygen atoms in total. The molecule has 6 aromatic rings. The number of rotatable bonds is 12. The van der Waals surface area contributed by atoms with Crippen LogP contribution in [0, 0.1) is 11.6 Å². The Morgan fingerprint density at radius 2 is 0.960 bits per heavy atom. The van der Waals surface area contributed by atoms with Crippen LogP contribution in [0.2, 0.25) is 0 Å². The minimum absolute atomic E-state index is 0. The van der Waals surface area contributed by atoms with Crippen molar-refractivity contribution in [3.63, 3.8) is 0 Å². The van der Waals surface area contributed by atoms with Crippen LogP contribution in [-0.2, 0) is 47.9 Å². The first-order chi connectivity index (χ1) is 35.2. The number of hydrogen-bond donors (Lipinski definition) is 2. The third-order valence-corrected chi connectivity index (χ3v) is 13.7. The summed E-state index contributed by atoms with van der Waals surface area (Å²) in [5.41, 5.74) is 0.241. The average molecular weight is 1050 g/mol. The number of likely N-dealkylation sites (N-methyl/N-ethyl adjacent to an activating group) is 2. The molecule has 2 fully saturated rings. The lowest BCUT2D eigenvalue weighted by Crippen LogP contribution is -2.35. The van der Waals surface area contributed by atoms with Crippen molar-refractivity contribution in [2.45, 2.75) is 75.8 Å². The molecule has 75 heavy (non-hydrogen) atoms. The number of halogens is 8. The highest BCUT2D eigenvalue weighted by atomic mass is 19.4. The molecule has 2 amide bonds. The molecule has 0 atom stereocenters. The van der Waals surface area contributed by atoms with E-state index in [2.05, 4.69) is 40.4 Å². The molecule has 4 aromatic heterocycles. The number of carbonyl (C=O) groups excluding carboxylic acids is 2. The number of nitrogens with zero attached hydrogens (tertiary/aromatic N) is 12. The molecular weight excluding hydrogens is 997 g/mol. The predicted molar refractivity (Wildman–Crippen MR) is 263 cm³/mol. The quantitative estimate of drug-likeness (QED) is 0.119. The first-order valence-electron chi connectivity index (χ1n) is 24.1. The van der Waals surface area contributed by atoms with Gasteiger partial charge in [0, 0.05) is 98.8 Å². The molecule has 4 N–H and O–H groups in total. The molecule has 2 saturated heterocycles. The van der Waals surface area contributed by atoms with Crippen molar-refractivity contribution in [3.05, 3.63) is 107 Å². The Balaban J connectivity index is 0.000000197. The van der Waals surface area contributed by atoms with E-state index in [1.54, 1.807) is 12.4 Å². The van der Waals surface area contributed by atoms with Crippen molar-refractivity contribution in [1.82, 2.24) is 48.8 Å². The Morgan fingerprint density at radius 1 is 0.587 bits per heavy atom. The number of amides is 2. The highest BCUT2D eigenvalue weighted by Crippen LogP contribution is 2.40. The maximum absolute atomic E-state index is 13.9. The van der Waals surface area contributed by atoms with Crippen LogP contribution in [0.15, 0.2) is 61.4 Å². The molecule has 10 rings (SSSR count). The molecule has 4 aliphatic heterocycles. The second-order valence-corrected chi connectivity index (χ2v) is 19.4. The maximum atomic E-state index is 13.9. The molecule has 400 valence electrons. The number of hydrogen-bond acceptors (Lipinski definition) is 12. The lowest BCUT2D eigenvalue weighted by Gasteiger charge is -2.33. The summed E-state index contributed by atoms with van der Waals surface area (Å²) in [5, 5.41) is 5.50. The first kappa shape index (κ1) is 54.2. The van der Waals surface area contributed by atoms with Crippen LogP contribution in [0.5, 0.6) is 0 Å². The van der Waals surface area contributed by atoms with Gasteiger partial charge in [0.25, 0.3) is 0 Å². The Labute approximate surface area is 426 Å². The Bertz CT molecular complexity index is 2830. The zero-order chi connectivity index (χ0) is 52.6. The zero-order valence-electron chi connectivity index (χ0n) is 41.5. The van der Waals surface area contributed by atoms with Crippen LogP contribution in [0.3, 0.4) is 0 Å². The van der Waals surface area contributed by atoms with Gasteiger partial charge in [0.05, 0.1) is 35.4 Å². The van der Waals surface area contributed by atoms with Crippen molar-refractivity contribution >= 4 is 35.1 Å². The van der Waals surface area contributed by atoms with Crippen LogP contribution < -0.4 is 20.4 Å². The summed E-state index contributed by atoms with van der Waals surface area (Å²) in [6, 6.07) is 6.00. The molecule has 4 aliphatic rings. The van der Waals surface area contributed by atoms with E-state index in [4.69, 9.17) is 9.97 Å². The number of nitrogens with one attached hydrogen (secondary N) is 2. The number of aromatic nitrogens is 8. The zero-order valence-corrected chi connectivity index (χ0v) is 41.5. The van der Waals surface area contributed by atoms with Crippen LogP contribution in [0.4, 0.5) is 58.4 Å². The SMILES string of the molecule is CN(C)CCn1cc(-c2ccc(F)c(C(F)(F)F)c2)nc1C1CCN(c2ncnc3c2CC(=O)N3)CC1.CN(C)CCn1cc(-c2ccc(F)c(C(F)(F)F)c2)nc1C1CCN(c2ncnc3c2CC(=O)N3)CC1.O. The van der Waals surface area contributed by atoms with Crippen molar-refractivity contribution in [2.75, 3.05) is 87.9 Å². The van der Waals surface area contributed by atoms with Gasteiger partial charge in [0.15, 0.2) is 0 Å². The first-order valence-corrected chi connectivity index (χ1v) is 24.1. The van der Waals surface area contributed by atoms with Crippen LogP contribution in [0.1, 0.15) is 71.4 Å². The summed E-state index contributed by atoms with van der Waals surface area (Å²) in [6.45, 7) is 5.45. The van der Waals surface area contributed by atoms with Gasteiger partial charge in [0.2, 0.25) is 11.8 Å². The van der Waals surface area contributed by atoms with Gasteiger partial charge in [-0.1, -0.05) is 0 Å². The number of anilines is 4. The topological polar surface area (TPSA) is 190 Å². The number of imidazole rings is 2. The smallest absolute Gasteiger partial charge is 0.412 e. The lowest BCUT2D eigenvalue weighted by molar-refractivity contribution is -0.140. The second kappa shape index (κ2) is 22.0. The molecule has 0 bridgehead atoms. The largest absolute Gasteiger partial charge is 0.419 e. The van der Waals surface area contributed by atoms with Gasteiger partial charge in [-0.15, -0.1) is 0 Å². The average Bonchev–Trinajstić information content (AvgIpc) is 4.17. The van der Waals surface area contributed by atoms with Crippen LogP contribution in [-0.4, -0.2) is 134 Å². The summed E-state index contributed by atoms with van der Waals surface area (Å²) in [4.78, 5) is 58.7. The summed E-state index contributed by atoms with van der Waals surface area (Å²) in [5.74, 6) is 1.60. The van der Waals surface area contributed by atoms with Gasteiger partial charge in [-0.05, 0) is 90.3 Å². The van der Waals surface area contributed by atoms with Crippen LogP contribution in [0.25, 0.3) is 22.5 Å². The van der Waals surface area contributed by atoms with Crippen molar-refractivity contribution in [1.29, 1.82) is 0 Å². The van der Waals surface area contributed by atoms with Gasteiger partial charge in [-0.3, -0.25) is 9.59 Å². The molecule has 2 aromatic carbocycles. The fourth-order valence-corrected chi connectivity index (χ4v) is 9.83. The molecule has 0 aliphatic carbocycles. The molecule has 0 radical (unpaired) electrons. The number of benzene rings is 2. The van der Waals surface area contributed by atoms with Gasteiger partial charge in [-0.25, -0.2) is 38.7 Å². The van der Waals surface area contributed by atoms with Crippen molar-refractivity contribution < 1.29 is 50.2 Å². The minimum Gasteiger partial charge on any atom is -0.412 e. The van der Waals surface area contributed by atoms with E-state index in [9.17, 15) is 44.7 Å². The third kappa shape index (κ3) is 12.0. The van der Waals surface area contributed by atoms with E-state index in [1.165, 1.54) is 24.8 Å². The Hall–Kier alpha value is -7.12. The van der Waals surface area contributed by atoms with E-state index in [0.29, 0.717) is 62.3 Å². The molecule has 0 spiro atoms. The molecular formula is C50H56F8N14O3. The monoisotopic (exact) mass is 1050 g/mol. The van der Waals surface area contributed by atoms with Crippen molar-refractivity contribution in [2.24, 2.45) is 0 Å². The van der Waals surface area contributed by atoms with Gasteiger partial charge < -0.3 is 44.8 Å². The van der Waals surface area contributed by atoms with Gasteiger partial charge >= 0.3 is 12.4 Å². The summed E-state index contributed by atoms with van der Waals surface area (Å²) in [7, 11) is 7.80. The Morgan fingerprint density at radius 3 is 1.31 bits per heavy atom. The molecule has 8 heterocycles. The summed E-state index contributed by atoms with van der Waals surface area (Å²) in [6.07, 6.45) is 0.378. The number of alkyl halides is 6. The maximum Gasteiger partial charge on any atom is 0.419 e. The van der Waals surface area contributed by atoms with Gasteiger partial charge in [0.1, 0.15) is 59.2 Å². The minimum atomic E-state index is -4.79. The van der Waals surface area contributed by atoms with E-state index in [1.807, 2.05) is 47.1 Å². The predicted octanol–water partition coefficient (Wildman–Crippen LogP) is 7.05. The second-order valence-electron chi connectivity index (χ2n) is 19.4. The lowest BCUT2D eigenvalue weighted by atomic mass is 9.95. The van der Waals surface area contributed by atoms with Crippen molar-refractivity contribution in [3.8, 4) is 22.5 Å². The van der Waals surface area contributed by atoms with E-state index in [0.717, 1.165) is 97.4 Å². The number of carbonyl (C=O) groups is 2. The fourth-order valence-electron chi connectivity index (χ4n) is 9.83. The fraction of sp³-hybridized carbons (Fsp3) is 0.440. The molecule has 25 heteroatoms. The highest BCUT2D eigenvalue weighted by molar-refractivity contribution is 6.00. The molecule has 0 unspecified atom stereocenters. The van der Waals surface area contributed by atoms with E-state index in [-0.39, 0.29) is 53.1 Å². The normalized spacial score (nSPS) is 16.2. The summed E-state index contributed by atoms with van der Waals surface area (Å²) < 4.78 is 112. The molecule has 0 saturated carbocycles. The Kier molecular flexibility index (Phi) is 15.9.